The van der Waals surface area contributed by atoms with Gasteiger partial charge in [0.2, 0.25) is 0 Å². The Balaban J connectivity index is 3.42. The van der Waals surface area contributed by atoms with Crippen LogP contribution in [0.5, 0.6) is 0 Å². The lowest BCUT2D eigenvalue weighted by Crippen LogP contribution is -2.13. The fourth-order valence-electron chi connectivity index (χ4n) is 1.26. The summed E-state index contributed by atoms with van der Waals surface area (Å²) in [6, 6.07) is 0.265. The molecule has 1 aromatic heterocycles. The number of rotatable bonds is 3. The van der Waals surface area contributed by atoms with Crippen molar-refractivity contribution in [2.75, 3.05) is 0 Å². The Morgan fingerprint density at radius 1 is 1.44 bits per heavy atom. The van der Waals surface area contributed by atoms with E-state index in [4.69, 9.17) is 16.7 Å². The molecule has 0 aliphatic rings. The molecule has 1 rings (SSSR count). The first-order valence-corrected chi connectivity index (χ1v) is 4.77. The second kappa shape index (κ2) is 5.05. The third-order valence-corrected chi connectivity index (χ3v) is 2.24. The van der Waals surface area contributed by atoms with Gasteiger partial charge in [0.25, 0.3) is 6.43 Å². The van der Waals surface area contributed by atoms with Crippen molar-refractivity contribution in [3.63, 3.8) is 0 Å². The van der Waals surface area contributed by atoms with E-state index in [-0.39, 0.29) is 6.07 Å². The van der Waals surface area contributed by atoms with Crippen molar-refractivity contribution >= 4 is 17.6 Å². The predicted octanol–water partition coefficient (Wildman–Crippen LogP) is 3.32. The summed E-state index contributed by atoms with van der Waals surface area (Å²) in [7, 11) is 0. The molecule has 100 valence electrons. The summed E-state index contributed by atoms with van der Waals surface area (Å²) in [5.74, 6) is -1.55. The van der Waals surface area contributed by atoms with Crippen molar-refractivity contribution < 1.29 is 31.9 Å². The summed E-state index contributed by atoms with van der Waals surface area (Å²) in [6.07, 6.45) is -9.09. The minimum atomic E-state index is -4.89. The molecule has 0 saturated carbocycles. The average Bonchev–Trinajstić information content (AvgIpc) is 2.13. The molecule has 0 fully saturated rings. The fourth-order valence-corrected chi connectivity index (χ4v) is 1.55. The summed E-state index contributed by atoms with van der Waals surface area (Å²) in [5.41, 5.74) is -3.20. The number of aromatic nitrogens is 1. The maximum atomic E-state index is 12.6. The Kier molecular flexibility index (Phi) is 4.10. The molecule has 0 bridgehead atoms. The molecule has 0 radical (unpaired) electrons. The lowest BCUT2D eigenvalue weighted by atomic mass is 10.1. The van der Waals surface area contributed by atoms with E-state index >= 15 is 0 Å². The van der Waals surface area contributed by atoms with Crippen LogP contribution in [0.2, 0.25) is 5.15 Å². The summed E-state index contributed by atoms with van der Waals surface area (Å²) in [6.45, 7) is 0. The molecule has 9 heteroatoms. The standard InChI is InChI=1S/C9H5ClF5NO2/c10-7-6(8(11)12)3(2-5(17)18)1-4(16-7)9(13,14)15/h1,8H,2H2,(H,17,18). The van der Waals surface area contributed by atoms with Crippen LogP contribution in [0.4, 0.5) is 22.0 Å². The van der Waals surface area contributed by atoms with Gasteiger partial charge in [-0.25, -0.2) is 13.8 Å². The summed E-state index contributed by atoms with van der Waals surface area (Å²) in [5, 5.41) is 7.42. The van der Waals surface area contributed by atoms with Crippen molar-refractivity contribution in [2.45, 2.75) is 19.0 Å². The Hall–Kier alpha value is -1.44. The lowest BCUT2D eigenvalue weighted by Gasteiger charge is -2.13. The molecule has 18 heavy (non-hydrogen) atoms. The van der Waals surface area contributed by atoms with Crippen LogP contribution >= 0.6 is 11.6 Å². The number of aliphatic carboxylic acids is 1. The highest BCUT2D eigenvalue weighted by Gasteiger charge is 2.35. The normalized spacial score (nSPS) is 11.9. The minimum absolute atomic E-state index is 0.265. The first-order chi connectivity index (χ1) is 8.12. The monoisotopic (exact) mass is 289 g/mol. The van der Waals surface area contributed by atoms with Crippen molar-refractivity contribution in [3.05, 3.63) is 28.0 Å². The highest BCUT2D eigenvalue weighted by molar-refractivity contribution is 6.30. The molecule has 3 nitrogen and oxygen atoms in total. The van der Waals surface area contributed by atoms with Crippen molar-refractivity contribution in [3.8, 4) is 0 Å². The van der Waals surface area contributed by atoms with E-state index in [0.29, 0.717) is 0 Å². The molecule has 0 saturated heterocycles. The molecule has 0 aliphatic heterocycles. The third-order valence-electron chi connectivity index (χ3n) is 1.95. The van der Waals surface area contributed by atoms with Gasteiger partial charge in [0.15, 0.2) is 0 Å². The van der Waals surface area contributed by atoms with Gasteiger partial charge in [0.05, 0.1) is 12.0 Å². The van der Waals surface area contributed by atoms with E-state index < -0.39 is 47.0 Å². The smallest absolute Gasteiger partial charge is 0.433 e. The number of alkyl halides is 5. The molecule has 1 N–H and O–H groups in total. The van der Waals surface area contributed by atoms with Crippen molar-refractivity contribution in [1.29, 1.82) is 0 Å². The lowest BCUT2D eigenvalue weighted by molar-refractivity contribution is -0.141. The van der Waals surface area contributed by atoms with Crippen molar-refractivity contribution in [2.24, 2.45) is 0 Å². The molecular weight excluding hydrogens is 285 g/mol. The van der Waals surface area contributed by atoms with Gasteiger partial charge < -0.3 is 5.11 Å². The van der Waals surface area contributed by atoms with Crippen LogP contribution in [-0.2, 0) is 17.4 Å². The molecule has 1 heterocycles. The van der Waals surface area contributed by atoms with Crippen LogP contribution in [0.3, 0.4) is 0 Å². The number of carbonyl (C=O) groups is 1. The fraction of sp³-hybridized carbons (Fsp3) is 0.333. The molecular formula is C9H5ClF5NO2. The van der Waals surface area contributed by atoms with E-state index in [1.54, 1.807) is 0 Å². The van der Waals surface area contributed by atoms with Crippen molar-refractivity contribution in [1.82, 2.24) is 4.98 Å². The number of pyridine rings is 1. The van der Waals surface area contributed by atoms with E-state index in [0.717, 1.165) is 0 Å². The zero-order valence-electron chi connectivity index (χ0n) is 8.43. The van der Waals surface area contributed by atoms with Gasteiger partial charge in [-0.1, -0.05) is 11.6 Å². The maximum Gasteiger partial charge on any atom is 0.433 e. The highest BCUT2D eigenvalue weighted by atomic mass is 35.5. The topological polar surface area (TPSA) is 50.2 Å². The van der Waals surface area contributed by atoms with Crippen LogP contribution < -0.4 is 0 Å². The van der Waals surface area contributed by atoms with Crippen LogP contribution in [0.25, 0.3) is 0 Å². The second-order valence-electron chi connectivity index (χ2n) is 3.24. The van der Waals surface area contributed by atoms with Gasteiger partial charge in [0, 0.05) is 0 Å². The molecule has 0 amide bonds. The van der Waals surface area contributed by atoms with Gasteiger partial charge in [-0.05, 0) is 11.6 Å². The molecule has 0 aliphatic carbocycles. The zero-order valence-corrected chi connectivity index (χ0v) is 9.19. The largest absolute Gasteiger partial charge is 0.481 e. The van der Waals surface area contributed by atoms with Gasteiger partial charge in [-0.15, -0.1) is 0 Å². The van der Waals surface area contributed by atoms with Crippen LogP contribution in [-0.4, -0.2) is 16.1 Å². The first-order valence-electron chi connectivity index (χ1n) is 4.39. The quantitative estimate of drug-likeness (QED) is 0.686. The molecule has 0 spiro atoms. The Morgan fingerprint density at radius 3 is 2.39 bits per heavy atom. The average molecular weight is 290 g/mol. The number of hydrogen-bond acceptors (Lipinski definition) is 2. The van der Waals surface area contributed by atoms with Gasteiger partial charge in [-0.3, -0.25) is 4.79 Å². The third kappa shape index (κ3) is 3.28. The number of hydrogen-bond donors (Lipinski definition) is 1. The Bertz CT molecular complexity index is 475. The van der Waals surface area contributed by atoms with Crippen LogP contribution in [0.15, 0.2) is 6.07 Å². The molecule has 0 atom stereocenters. The number of halogens is 6. The zero-order chi connectivity index (χ0) is 14.1. The minimum Gasteiger partial charge on any atom is -0.481 e. The SMILES string of the molecule is O=C(O)Cc1cc(C(F)(F)F)nc(Cl)c1C(F)F. The number of nitrogens with zero attached hydrogens (tertiary/aromatic N) is 1. The molecule has 0 aromatic carbocycles. The van der Waals surface area contributed by atoms with Gasteiger partial charge in [0.1, 0.15) is 10.8 Å². The van der Waals surface area contributed by atoms with Crippen LogP contribution in [0, 0.1) is 0 Å². The maximum absolute atomic E-state index is 12.6. The summed E-state index contributed by atoms with van der Waals surface area (Å²) in [4.78, 5) is 13.2. The number of carboxylic acids is 1. The van der Waals surface area contributed by atoms with E-state index in [2.05, 4.69) is 4.98 Å². The van der Waals surface area contributed by atoms with E-state index in [9.17, 15) is 26.7 Å². The number of carboxylic acid groups (broad SMARTS) is 1. The predicted molar refractivity (Wildman–Crippen MR) is 50.5 cm³/mol. The van der Waals surface area contributed by atoms with E-state index in [1.807, 2.05) is 0 Å². The Morgan fingerprint density at radius 2 is 2.00 bits per heavy atom. The van der Waals surface area contributed by atoms with Gasteiger partial charge in [-0.2, -0.15) is 13.2 Å². The summed E-state index contributed by atoms with van der Waals surface area (Å²) >= 11 is 5.23. The van der Waals surface area contributed by atoms with Gasteiger partial charge >= 0.3 is 12.1 Å². The summed E-state index contributed by atoms with van der Waals surface area (Å²) < 4.78 is 62.2. The van der Waals surface area contributed by atoms with E-state index in [1.165, 1.54) is 0 Å². The molecule has 0 unspecified atom stereocenters. The highest BCUT2D eigenvalue weighted by Crippen LogP contribution is 2.35. The molecule has 1 aromatic rings. The Labute approximate surface area is 102 Å². The van der Waals surface area contributed by atoms with Crippen LogP contribution in [0.1, 0.15) is 23.2 Å². The second-order valence-corrected chi connectivity index (χ2v) is 3.60. The first kappa shape index (κ1) is 14.6.